The van der Waals surface area contributed by atoms with Crippen molar-refractivity contribution in [2.45, 2.75) is 31.8 Å². The maximum absolute atomic E-state index is 9.49. The molecule has 0 spiro atoms. The quantitative estimate of drug-likeness (QED) is 0.799. The molecule has 80 valence electrons. The van der Waals surface area contributed by atoms with Crippen LogP contribution in [0.5, 0.6) is 5.75 Å². The minimum absolute atomic E-state index is 0.167. The summed E-state index contributed by atoms with van der Waals surface area (Å²) in [6, 6.07) is 6.49. The Bertz CT molecular complexity index is 384. The number of fused-ring (bicyclic) bond motifs is 1. The van der Waals surface area contributed by atoms with E-state index in [4.69, 9.17) is 4.74 Å². The molecular formula is C13H16O2. The van der Waals surface area contributed by atoms with Gasteiger partial charge in [0.05, 0.1) is 12.7 Å². The molecule has 2 heteroatoms. The lowest BCUT2D eigenvalue weighted by atomic mass is 10.0. The van der Waals surface area contributed by atoms with Crippen LogP contribution in [-0.2, 0) is 6.42 Å². The smallest absolute Gasteiger partial charge is 0.122 e. The maximum atomic E-state index is 9.49. The standard InChI is InChI=1S/C13H16O2/c1-8(14)11-7-12(11)9-2-3-13-10(6-9)4-5-15-13/h2-3,6,8,11-12,14H,4-5,7H2,1H3/t8-,11-,12+/m0/s1. The van der Waals surface area contributed by atoms with Gasteiger partial charge in [-0.25, -0.2) is 0 Å². The van der Waals surface area contributed by atoms with Crippen LogP contribution in [0.25, 0.3) is 0 Å². The average Bonchev–Trinajstić information content (AvgIpc) is 2.89. The molecule has 0 radical (unpaired) electrons. The van der Waals surface area contributed by atoms with E-state index in [0.717, 1.165) is 25.2 Å². The van der Waals surface area contributed by atoms with E-state index >= 15 is 0 Å². The number of ether oxygens (including phenoxy) is 1. The first-order chi connectivity index (χ1) is 7.25. The number of rotatable bonds is 2. The van der Waals surface area contributed by atoms with Gasteiger partial charge in [-0.15, -0.1) is 0 Å². The van der Waals surface area contributed by atoms with E-state index in [1.54, 1.807) is 0 Å². The molecule has 1 aliphatic heterocycles. The third kappa shape index (κ3) is 1.53. The highest BCUT2D eigenvalue weighted by atomic mass is 16.5. The number of aliphatic hydroxyl groups is 1. The van der Waals surface area contributed by atoms with Gasteiger partial charge in [0.15, 0.2) is 0 Å². The molecule has 1 N–H and O–H groups in total. The van der Waals surface area contributed by atoms with Crippen molar-refractivity contribution in [1.82, 2.24) is 0 Å². The Kier molecular flexibility index (Phi) is 1.99. The monoisotopic (exact) mass is 204 g/mol. The number of hydrogen-bond acceptors (Lipinski definition) is 2. The molecule has 1 saturated carbocycles. The first-order valence-electron chi connectivity index (χ1n) is 5.69. The van der Waals surface area contributed by atoms with Gasteiger partial charge in [-0.05, 0) is 42.4 Å². The van der Waals surface area contributed by atoms with E-state index in [9.17, 15) is 5.11 Å². The highest BCUT2D eigenvalue weighted by Crippen LogP contribution is 2.50. The van der Waals surface area contributed by atoms with Crippen LogP contribution >= 0.6 is 0 Å². The molecule has 1 fully saturated rings. The van der Waals surface area contributed by atoms with Crippen molar-refractivity contribution in [1.29, 1.82) is 0 Å². The highest BCUT2D eigenvalue weighted by molar-refractivity contribution is 5.42. The molecule has 1 heterocycles. The Balaban J connectivity index is 1.83. The van der Waals surface area contributed by atoms with Gasteiger partial charge in [0.1, 0.15) is 5.75 Å². The summed E-state index contributed by atoms with van der Waals surface area (Å²) < 4.78 is 5.48. The van der Waals surface area contributed by atoms with Gasteiger partial charge in [0.25, 0.3) is 0 Å². The number of hydrogen-bond donors (Lipinski definition) is 1. The Morgan fingerprint density at radius 3 is 3.07 bits per heavy atom. The minimum Gasteiger partial charge on any atom is -0.493 e. The average molecular weight is 204 g/mol. The van der Waals surface area contributed by atoms with Crippen molar-refractivity contribution in [3.63, 3.8) is 0 Å². The summed E-state index contributed by atoms with van der Waals surface area (Å²) in [6.07, 6.45) is 2.01. The molecule has 0 amide bonds. The van der Waals surface area contributed by atoms with Gasteiger partial charge in [0, 0.05) is 6.42 Å². The van der Waals surface area contributed by atoms with Crippen LogP contribution in [0.1, 0.15) is 30.4 Å². The van der Waals surface area contributed by atoms with Crippen molar-refractivity contribution < 1.29 is 9.84 Å². The predicted octanol–water partition coefficient (Wildman–Crippen LogP) is 2.11. The first kappa shape index (κ1) is 9.22. The molecule has 2 aliphatic rings. The number of benzene rings is 1. The van der Waals surface area contributed by atoms with Crippen molar-refractivity contribution in [3.8, 4) is 5.75 Å². The zero-order valence-electron chi connectivity index (χ0n) is 8.94. The third-order valence-electron chi connectivity index (χ3n) is 3.60. The molecule has 2 nitrogen and oxygen atoms in total. The Morgan fingerprint density at radius 1 is 1.47 bits per heavy atom. The SMILES string of the molecule is C[C@H](O)[C@@H]1C[C@@H]1c1ccc2c(c1)CCO2. The second kappa shape index (κ2) is 3.24. The summed E-state index contributed by atoms with van der Waals surface area (Å²) in [6.45, 7) is 2.71. The molecule has 0 aromatic heterocycles. The van der Waals surface area contributed by atoms with Gasteiger partial charge in [-0.3, -0.25) is 0 Å². The summed E-state index contributed by atoms with van der Waals surface area (Å²) in [5.41, 5.74) is 2.72. The second-order valence-corrected chi connectivity index (χ2v) is 4.71. The van der Waals surface area contributed by atoms with Crippen molar-refractivity contribution in [2.75, 3.05) is 6.61 Å². The topological polar surface area (TPSA) is 29.5 Å². The van der Waals surface area contributed by atoms with E-state index in [-0.39, 0.29) is 6.10 Å². The van der Waals surface area contributed by atoms with Crippen molar-refractivity contribution in [2.24, 2.45) is 5.92 Å². The van der Waals surface area contributed by atoms with E-state index in [0.29, 0.717) is 11.8 Å². The molecule has 3 rings (SSSR count). The summed E-state index contributed by atoms with van der Waals surface area (Å²) in [5.74, 6) is 2.11. The maximum Gasteiger partial charge on any atom is 0.122 e. The van der Waals surface area contributed by atoms with E-state index in [1.807, 2.05) is 6.92 Å². The Hall–Kier alpha value is -1.02. The zero-order chi connectivity index (χ0) is 10.4. The van der Waals surface area contributed by atoms with E-state index in [1.165, 1.54) is 11.1 Å². The molecule has 1 aliphatic carbocycles. The molecular weight excluding hydrogens is 188 g/mol. The van der Waals surface area contributed by atoms with Crippen molar-refractivity contribution >= 4 is 0 Å². The van der Waals surface area contributed by atoms with E-state index in [2.05, 4.69) is 18.2 Å². The van der Waals surface area contributed by atoms with Crippen LogP contribution in [0.2, 0.25) is 0 Å². The fourth-order valence-electron chi connectivity index (χ4n) is 2.57. The largest absolute Gasteiger partial charge is 0.493 e. The van der Waals surface area contributed by atoms with Crippen LogP contribution in [0.4, 0.5) is 0 Å². The van der Waals surface area contributed by atoms with Gasteiger partial charge >= 0.3 is 0 Å². The molecule has 0 unspecified atom stereocenters. The van der Waals surface area contributed by atoms with Crippen LogP contribution in [0.15, 0.2) is 18.2 Å². The normalized spacial score (nSPS) is 29.5. The Morgan fingerprint density at radius 2 is 2.33 bits per heavy atom. The minimum atomic E-state index is -0.167. The van der Waals surface area contributed by atoms with Crippen LogP contribution < -0.4 is 4.74 Å². The molecule has 1 aromatic carbocycles. The molecule has 0 saturated heterocycles. The summed E-state index contributed by atoms with van der Waals surface area (Å²) in [7, 11) is 0. The van der Waals surface area contributed by atoms with Crippen LogP contribution in [0.3, 0.4) is 0 Å². The third-order valence-corrected chi connectivity index (χ3v) is 3.60. The molecule has 1 aromatic rings. The highest BCUT2D eigenvalue weighted by Gasteiger charge is 2.41. The summed E-state index contributed by atoms with van der Waals surface area (Å²) in [5, 5.41) is 9.49. The number of aliphatic hydroxyl groups excluding tert-OH is 1. The van der Waals surface area contributed by atoms with Gasteiger partial charge < -0.3 is 9.84 Å². The fraction of sp³-hybridized carbons (Fsp3) is 0.538. The van der Waals surface area contributed by atoms with E-state index < -0.39 is 0 Å². The predicted molar refractivity (Wildman–Crippen MR) is 58.2 cm³/mol. The lowest BCUT2D eigenvalue weighted by Crippen LogP contribution is -2.03. The van der Waals surface area contributed by atoms with Gasteiger partial charge in [0.2, 0.25) is 0 Å². The van der Waals surface area contributed by atoms with Gasteiger partial charge in [-0.1, -0.05) is 12.1 Å². The lowest BCUT2D eigenvalue weighted by Gasteiger charge is -2.05. The molecule has 3 atom stereocenters. The van der Waals surface area contributed by atoms with Crippen LogP contribution in [-0.4, -0.2) is 17.8 Å². The Labute approximate surface area is 89.9 Å². The zero-order valence-corrected chi connectivity index (χ0v) is 8.94. The lowest BCUT2D eigenvalue weighted by molar-refractivity contribution is 0.169. The van der Waals surface area contributed by atoms with Crippen molar-refractivity contribution in [3.05, 3.63) is 29.3 Å². The second-order valence-electron chi connectivity index (χ2n) is 4.71. The first-order valence-corrected chi connectivity index (χ1v) is 5.69. The molecule has 0 bridgehead atoms. The summed E-state index contributed by atoms with van der Waals surface area (Å²) in [4.78, 5) is 0. The van der Waals surface area contributed by atoms with Gasteiger partial charge in [-0.2, -0.15) is 0 Å². The fourth-order valence-corrected chi connectivity index (χ4v) is 2.57. The molecule has 15 heavy (non-hydrogen) atoms. The summed E-state index contributed by atoms with van der Waals surface area (Å²) >= 11 is 0. The van der Waals surface area contributed by atoms with Crippen LogP contribution in [0, 0.1) is 5.92 Å².